The molecule has 1 aliphatic heterocycles. The van der Waals surface area contributed by atoms with Gasteiger partial charge in [0.2, 0.25) is 5.91 Å². The molecule has 1 aromatic carbocycles. The van der Waals surface area contributed by atoms with Crippen LogP contribution in [0.4, 0.5) is 0 Å². The van der Waals surface area contributed by atoms with Crippen molar-refractivity contribution in [3.05, 3.63) is 30.6 Å². The van der Waals surface area contributed by atoms with Crippen molar-refractivity contribution >= 4 is 16.9 Å². The minimum absolute atomic E-state index is 0.129. The number of rotatable bonds is 4. The third-order valence-electron chi connectivity index (χ3n) is 4.46. The molecule has 0 radical (unpaired) electrons. The number of para-hydroxylation sites is 2. The Morgan fingerprint density at radius 2 is 1.91 bits per heavy atom. The third-order valence-corrected chi connectivity index (χ3v) is 4.46. The van der Waals surface area contributed by atoms with E-state index in [1.165, 1.54) is 0 Å². The Morgan fingerprint density at radius 3 is 2.61 bits per heavy atom. The van der Waals surface area contributed by atoms with Crippen molar-refractivity contribution in [2.45, 2.75) is 26.0 Å². The monoisotopic (exact) mass is 316 g/mol. The van der Waals surface area contributed by atoms with Gasteiger partial charge in [-0.2, -0.15) is 0 Å². The van der Waals surface area contributed by atoms with Crippen LogP contribution >= 0.6 is 0 Å². The zero-order valence-electron chi connectivity index (χ0n) is 13.7. The number of nitrogens with zero attached hydrogens (tertiary/aromatic N) is 4. The first kappa shape index (κ1) is 16.0. The predicted molar refractivity (Wildman–Crippen MR) is 89.1 cm³/mol. The molecule has 6 heteroatoms. The fourth-order valence-electron chi connectivity index (χ4n) is 3.19. The molecule has 0 spiro atoms. The Hall–Kier alpha value is -1.92. The predicted octanol–water partition coefficient (Wildman–Crippen LogP) is 1.12. The number of benzene rings is 1. The van der Waals surface area contributed by atoms with Crippen LogP contribution in [-0.2, 0) is 4.79 Å². The number of piperazine rings is 1. The highest BCUT2D eigenvalue weighted by atomic mass is 16.3. The van der Waals surface area contributed by atoms with Gasteiger partial charge >= 0.3 is 0 Å². The molecular formula is C17H24N4O2. The standard InChI is InChI=1S/C17H24N4O2/c1-13(22)11-19-7-9-20(10-8-19)17(23)14(2)21-12-18-15-5-3-4-6-16(15)21/h3-6,12-14,22H,7-11H2,1-2H3/t13-,14+/m0/s1. The number of hydrogen-bond donors (Lipinski definition) is 1. The van der Waals surface area contributed by atoms with Gasteiger partial charge in [-0.3, -0.25) is 9.69 Å². The number of aliphatic hydroxyl groups excluding tert-OH is 1. The smallest absolute Gasteiger partial charge is 0.245 e. The fraction of sp³-hybridized carbons (Fsp3) is 0.529. The largest absolute Gasteiger partial charge is 0.392 e. The summed E-state index contributed by atoms with van der Waals surface area (Å²) in [6.45, 7) is 7.44. The highest BCUT2D eigenvalue weighted by Crippen LogP contribution is 2.19. The molecule has 1 amide bonds. The van der Waals surface area contributed by atoms with Crippen molar-refractivity contribution in [2.24, 2.45) is 0 Å². The first-order valence-corrected chi connectivity index (χ1v) is 8.17. The molecule has 2 atom stereocenters. The van der Waals surface area contributed by atoms with E-state index in [1.54, 1.807) is 13.3 Å². The first-order valence-electron chi connectivity index (χ1n) is 8.17. The summed E-state index contributed by atoms with van der Waals surface area (Å²) in [6.07, 6.45) is 1.42. The summed E-state index contributed by atoms with van der Waals surface area (Å²) in [6, 6.07) is 7.61. The molecule has 1 N–H and O–H groups in total. The van der Waals surface area contributed by atoms with Crippen LogP contribution in [0.3, 0.4) is 0 Å². The molecule has 0 bridgehead atoms. The van der Waals surface area contributed by atoms with E-state index in [2.05, 4.69) is 9.88 Å². The van der Waals surface area contributed by atoms with Gasteiger partial charge in [0.05, 0.1) is 23.5 Å². The van der Waals surface area contributed by atoms with E-state index in [1.807, 2.05) is 40.7 Å². The van der Waals surface area contributed by atoms with E-state index in [9.17, 15) is 9.90 Å². The average molecular weight is 316 g/mol. The van der Waals surface area contributed by atoms with Gasteiger partial charge in [-0.1, -0.05) is 12.1 Å². The van der Waals surface area contributed by atoms with Crippen LogP contribution in [0.25, 0.3) is 11.0 Å². The van der Waals surface area contributed by atoms with Gasteiger partial charge in [-0.05, 0) is 26.0 Å². The third kappa shape index (κ3) is 3.38. The highest BCUT2D eigenvalue weighted by molar-refractivity contribution is 5.83. The summed E-state index contributed by atoms with van der Waals surface area (Å²) >= 11 is 0. The average Bonchev–Trinajstić information content (AvgIpc) is 2.97. The Bertz CT molecular complexity index is 674. The Kier molecular flexibility index (Phi) is 4.63. The van der Waals surface area contributed by atoms with Gasteiger partial charge in [0.15, 0.2) is 0 Å². The van der Waals surface area contributed by atoms with Crippen molar-refractivity contribution in [2.75, 3.05) is 32.7 Å². The summed E-state index contributed by atoms with van der Waals surface area (Å²) in [4.78, 5) is 21.3. The first-order chi connectivity index (χ1) is 11.1. The maximum atomic E-state index is 12.8. The number of hydrogen-bond acceptors (Lipinski definition) is 4. The Morgan fingerprint density at radius 1 is 1.22 bits per heavy atom. The second-order valence-corrected chi connectivity index (χ2v) is 6.29. The van der Waals surface area contributed by atoms with Gasteiger partial charge in [0.25, 0.3) is 0 Å². The van der Waals surface area contributed by atoms with Crippen molar-refractivity contribution in [3.63, 3.8) is 0 Å². The molecule has 1 fully saturated rings. The number of β-amino-alcohol motifs (C(OH)–C–C–N with tert-alkyl or cyclic N) is 1. The molecule has 3 rings (SSSR count). The normalized spacial score (nSPS) is 19.0. The van der Waals surface area contributed by atoms with E-state index < -0.39 is 0 Å². The zero-order valence-corrected chi connectivity index (χ0v) is 13.7. The summed E-state index contributed by atoms with van der Waals surface area (Å²) in [7, 11) is 0. The van der Waals surface area contributed by atoms with Crippen LogP contribution < -0.4 is 0 Å². The van der Waals surface area contributed by atoms with Crippen LogP contribution in [0.1, 0.15) is 19.9 Å². The van der Waals surface area contributed by atoms with Crippen LogP contribution in [-0.4, -0.2) is 69.2 Å². The van der Waals surface area contributed by atoms with Gasteiger partial charge in [-0.15, -0.1) is 0 Å². The number of aromatic nitrogens is 2. The summed E-state index contributed by atoms with van der Waals surface area (Å²) in [5.41, 5.74) is 1.90. The lowest BCUT2D eigenvalue weighted by molar-refractivity contribution is -0.136. The van der Waals surface area contributed by atoms with Crippen molar-refractivity contribution in [3.8, 4) is 0 Å². The van der Waals surface area contributed by atoms with Crippen molar-refractivity contribution in [1.29, 1.82) is 0 Å². The number of carbonyl (C=O) groups excluding carboxylic acids is 1. The molecule has 1 aliphatic rings. The molecule has 0 unspecified atom stereocenters. The molecule has 1 saturated heterocycles. The topological polar surface area (TPSA) is 61.6 Å². The molecule has 124 valence electrons. The molecule has 0 saturated carbocycles. The minimum Gasteiger partial charge on any atom is -0.392 e. The lowest BCUT2D eigenvalue weighted by Crippen LogP contribution is -2.51. The maximum Gasteiger partial charge on any atom is 0.245 e. The second-order valence-electron chi connectivity index (χ2n) is 6.29. The van der Waals surface area contributed by atoms with E-state index in [-0.39, 0.29) is 18.1 Å². The number of fused-ring (bicyclic) bond motifs is 1. The molecule has 1 aromatic heterocycles. The van der Waals surface area contributed by atoms with E-state index in [0.717, 1.165) is 24.1 Å². The summed E-state index contributed by atoms with van der Waals surface area (Å²) < 4.78 is 1.94. The number of amides is 1. The maximum absolute atomic E-state index is 12.8. The van der Waals surface area contributed by atoms with Crippen molar-refractivity contribution in [1.82, 2.24) is 19.4 Å². The molecule has 6 nitrogen and oxygen atoms in total. The lowest BCUT2D eigenvalue weighted by atomic mass is 10.2. The number of aliphatic hydroxyl groups is 1. The Labute approximate surface area is 136 Å². The van der Waals surface area contributed by atoms with Gasteiger partial charge in [-0.25, -0.2) is 4.98 Å². The van der Waals surface area contributed by atoms with E-state index >= 15 is 0 Å². The van der Waals surface area contributed by atoms with Crippen molar-refractivity contribution < 1.29 is 9.90 Å². The number of carbonyl (C=O) groups is 1. The number of imidazole rings is 1. The summed E-state index contributed by atoms with van der Waals surface area (Å²) in [5.74, 6) is 0.129. The van der Waals surface area contributed by atoms with Crippen LogP contribution in [0.2, 0.25) is 0 Å². The SMILES string of the molecule is C[C@H](O)CN1CCN(C(=O)[C@@H](C)n2cnc3ccccc32)CC1. The van der Waals surface area contributed by atoms with Crippen LogP contribution in [0.5, 0.6) is 0 Å². The minimum atomic E-state index is -0.325. The zero-order chi connectivity index (χ0) is 16.4. The molecular weight excluding hydrogens is 292 g/mol. The lowest BCUT2D eigenvalue weighted by Gasteiger charge is -2.36. The van der Waals surface area contributed by atoms with Gasteiger partial charge < -0.3 is 14.6 Å². The van der Waals surface area contributed by atoms with Crippen LogP contribution in [0, 0.1) is 0 Å². The van der Waals surface area contributed by atoms with Crippen LogP contribution in [0.15, 0.2) is 30.6 Å². The molecule has 2 heterocycles. The summed E-state index contributed by atoms with van der Waals surface area (Å²) in [5, 5.41) is 9.46. The fourth-order valence-corrected chi connectivity index (χ4v) is 3.19. The second kappa shape index (κ2) is 6.68. The highest BCUT2D eigenvalue weighted by Gasteiger charge is 2.26. The van der Waals surface area contributed by atoms with Gasteiger partial charge in [0, 0.05) is 32.7 Å². The van der Waals surface area contributed by atoms with E-state index in [4.69, 9.17) is 0 Å². The van der Waals surface area contributed by atoms with Gasteiger partial charge in [0.1, 0.15) is 6.04 Å². The Balaban J connectivity index is 1.66. The molecule has 23 heavy (non-hydrogen) atoms. The quantitative estimate of drug-likeness (QED) is 0.918. The molecule has 2 aromatic rings. The van der Waals surface area contributed by atoms with E-state index in [0.29, 0.717) is 19.6 Å². The molecule has 0 aliphatic carbocycles.